The summed E-state index contributed by atoms with van der Waals surface area (Å²) >= 11 is 1.23. The van der Waals surface area contributed by atoms with E-state index in [2.05, 4.69) is 4.98 Å². The monoisotopic (exact) mass is 345 g/mol. The molecule has 0 radical (unpaired) electrons. The minimum Gasteiger partial charge on any atom is -0.341 e. The molecule has 2 aromatic rings. The van der Waals surface area contributed by atoms with Gasteiger partial charge in [0, 0.05) is 13.1 Å². The van der Waals surface area contributed by atoms with E-state index in [-0.39, 0.29) is 31.6 Å². The van der Waals surface area contributed by atoms with Gasteiger partial charge in [-0.05, 0) is 24.3 Å². The third-order valence-electron chi connectivity index (χ3n) is 3.98. The molecular formula is C14H14F3N3O2S. The number of halogens is 3. The van der Waals surface area contributed by atoms with Crippen molar-refractivity contribution in [3.05, 3.63) is 28.1 Å². The van der Waals surface area contributed by atoms with Crippen molar-refractivity contribution in [2.45, 2.75) is 25.6 Å². The summed E-state index contributed by atoms with van der Waals surface area (Å²) in [5.41, 5.74) is 0.210. The lowest BCUT2D eigenvalue weighted by molar-refractivity contribution is -0.188. The minimum atomic E-state index is -4.30. The van der Waals surface area contributed by atoms with Gasteiger partial charge in [-0.3, -0.25) is 14.2 Å². The second-order valence-electron chi connectivity index (χ2n) is 5.53. The van der Waals surface area contributed by atoms with Gasteiger partial charge >= 0.3 is 6.18 Å². The first-order chi connectivity index (χ1) is 10.9. The van der Waals surface area contributed by atoms with Crippen LogP contribution in [0, 0.1) is 5.92 Å². The van der Waals surface area contributed by atoms with Gasteiger partial charge in [0.1, 0.15) is 11.2 Å². The molecule has 1 fully saturated rings. The highest BCUT2D eigenvalue weighted by atomic mass is 32.1. The van der Waals surface area contributed by atoms with Crippen molar-refractivity contribution in [2.75, 3.05) is 13.1 Å². The number of hydrogen-bond donors (Lipinski definition) is 0. The van der Waals surface area contributed by atoms with Gasteiger partial charge in [0.05, 0.1) is 17.8 Å². The molecule has 5 nitrogen and oxygen atoms in total. The molecule has 0 saturated carbocycles. The normalized spacial score (nSPS) is 19.3. The van der Waals surface area contributed by atoms with Crippen LogP contribution >= 0.6 is 11.3 Å². The first kappa shape index (κ1) is 16.0. The van der Waals surface area contributed by atoms with Gasteiger partial charge in [0.25, 0.3) is 5.56 Å². The maximum absolute atomic E-state index is 12.8. The van der Waals surface area contributed by atoms with Gasteiger partial charge in [0.15, 0.2) is 0 Å². The molecular weight excluding hydrogens is 331 g/mol. The van der Waals surface area contributed by atoms with E-state index in [0.717, 1.165) is 4.57 Å². The lowest BCUT2D eigenvalue weighted by atomic mass is 9.97. The summed E-state index contributed by atoms with van der Waals surface area (Å²) in [5, 5.41) is 1.73. The van der Waals surface area contributed by atoms with Crippen molar-refractivity contribution < 1.29 is 18.0 Å². The average Bonchev–Trinajstić information content (AvgIpc) is 2.99. The molecule has 0 bridgehead atoms. The molecule has 1 aliphatic heterocycles. The van der Waals surface area contributed by atoms with Crippen LogP contribution in [0.5, 0.6) is 0 Å². The summed E-state index contributed by atoms with van der Waals surface area (Å²) in [7, 11) is 0. The highest BCUT2D eigenvalue weighted by Gasteiger charge is 2.42. The summed E-state index contributed by atoms with van der Waals surface area (Å²) in [4.78, 5) is 29.7. The zero-order chi connectivity index (χ0) is 16.6. The molecule has 0 aliphatic carbocycles. The number of carbonyl (C=O) groups excluding carboxylic acids is 1. The standard InChI is InChI=1S/C14H14F3N3O2S/c15-14(16,17)9-2-1-4-19(6-9)11(21)7-20-8-18-10-3-5-23-12(10)13(20)22/h3,5,8-9H,1-2,4,6-7H2. The topological polar surface area (TPSA) is 55.2 Å². The molecule has 1 atom stereocenters. The third kappa shape index (κ3) is 3.24. The quantitative estimate of drug-likeness (QED) is 0.839. The molecule has 0 aromatic carbocycles. The van der Waals surface area contributed by atoms with Crippen LogP contribution in [-0.4, -0.2) is 39.6 Å². The lowest BCUT2D eigenvalue weighted by Gasteiger charge is -2.33. The van der Waals surface area contributed by atoms with E-state index in [1.54, 1.807) is 11.4 Å². The first-order valence-electron chi connectivity index (χ1n) is 7.13. The second kappa shape index (κ2) is 5.95. The zero-order valence-corrected chi connectivity index (χ0v) is 12.9. The predicted octanol–water partition coefficient (Wildman–Crippen LogP) is 2.26. The number of aromatic nitrogens is 2. The zero-order valence-electron chi connectivity index (χ0n) is 12.0. The summed E-state index contributed by atoms with van der Waals surface area (Å²) < 4.78 is 40.0. The highest BCUT2D eigenvalue weighted by Crippen LogP contribution is 2.33. The van der Waals surface area contributed by atoms with Crippen LogP contribution in [0.15, 0.2) is 22.6 Å². The van der Waals surface area contributed by atoms with Crippen LogP contribution in [0.1, 0.15) is 12.8 Å². The number of rotatable bonds is 2. The lowest BCUT2D eigenvalue weighted by Crippen LogP contribution is -2.46. The van der Waals surface area contributed by atoms with E-state index in [0.29, 0.717) is 16.6 Å². The van der Waals surface area contributed by atoms with E-state index < -0.39 is 18.0 Å². The fourth-order valence-electron chi connectivity index (χ4n) is 2.71. The van der Waals surface area contributed by atoms with Crippen LogP contribution in [-0.2, 0) is 11.3 Å². The van der Waals surface area contributed by atoms with E-state index in [4.69, 9.17) is 0 Å². The van der Waals surface area contributed by atoms with Gasteiger partial charge in [-0.15, -0.1) is 11.3 Å². The number of amides is 1. The molecule has 23 heavy (non-hydrogen) atoms. The van der Waals surface area contributed by atoms with Crippen molar-refractivity contribution in [3.63, 3.8) is 0 Å². The van der Waals surface area contributed by atoms with Gasteiger partial charge in [-0.2, -0.15) is 13.2 Å². The van der Waals surface area contributed by atoms with Crippen molar-refractivity contribution in [1.82, 2.24) is 14.5 Å². The van der Waals surface area contributed by atoms with Gasteiger partial charge in [-0.1, -0.05) is 0 Å². The van der Waals surface area contributed by atoms with Crippen molar-refractivity contribution in [1.29, 1.82) is 0 Å². The summed E-state index contributed by atoms with van der Waals surface area (Å²) in [6.07, 6.45) is -2.68. The molecule has 1 amide bonds. The van der Waals surface area contributed by atoms with Gasteiger partial charge in [0.2, 0.25) is 5.91 Å². The molecule has 9 heteroatoms. The Morgan fingerprint density at radius 1 is 1.43 bits per heavy atom. The maximum Gasteiger partial charge on any atom is 0.393 e. The number of fused-ring (bicyclic) bond motifs is 1. The Balaban J connectivity index is 1.75. The molecule has 3 rings (SSSR count). The first-order valence-corrected chi connectivity index (χ1v) is 8.01. The number of piperidine rings is 1. The Morgan fingerprint density at radius 2 is 2.22 bits per heavy atom. The second-order valence-corrected chi connectivity index (χ2v) is 6.45. The van der Waals surface area contributed by atoms with E-state index >= 15 is 0 Å². The third-order valence-corrected chi connectivity index (χ3v) is 4.87. The van der Waals surface area contributed by atoms with Crippen LogP contribution in [0.4, 0.5) is 13.2 Å². The van der Waals surface area contributed by atoms with E-state index in [9.17, 15) is 22.8 Å². The number of thiophene rings is 1. The smallest absolute Gasteiger partial charge is 0.341 e. The molecule has 0 spiro atoms. The van der Waals surface area contributed by atoms with Crippen molar-refractivity contribution >= 4 is 27.5 Å². The van der Waals surface area contributed by atoms with Crippen LogP contribution in [0.2, 0.25) is 0 Å². The Labute approximate surface area is 133 Å². The Morgan fingerprint density at radius 3 is 2.96 bits per heavy atom. The molecule has 1 aliphatic rings. The summed E-state index contributed by atoms with van der Waals surface area (Å²) in [6, 6.07) is 1.70. The molecule has 0 N–H and O–H groups in total. The molecule has 3 heterocycles. The van der Waals surface area contributed by atoms with Crippen LogP contribution in [0.3, 0.4) is 0 Å². The maximum atomic E-state index is 12.8. The van der Waals surface area contributed by atoms with Gasteiger partial charge in [-0.25, -0.2) is 4.98 Å². The molecule has 124 valence electrons. The summed E-state index contributed by atoms with van der Waals surface area (Å²) in [5.74, 6) is -1.98. The Bertz CT molecular complexity index is 783. The largest absolute Gasteiger partial charge is 0.393 e. The number of hydrogen-bond acceptors (Lipinski definition) is 4. The molecule has 1 saturated heterocycles. The van der Waals surface area contributed by atoms with E-state index in [1.165, 1.54) is 22.6 Å². The molecule has 2 aromatic heterocycles. The molecule has 1 unspecified atom stereocenters. The number of carbonyl (C=O) groups is 1. The highest BCUT2D eigenvalue weighted by molar-refractivity contribution is 7.17. The van der Waals surface area contributed by atoms with Gasteiger partial charge < -0.3 is 4.90 Å². The van der Waals surface area contributed by atoms with Crippen LogP contribution < -0.4 is 5.56 Å². The fourth-order valence-corrected chi connectivity index (χ4v) is 3.50. The van der Waals surface area contributed by atoms with Crippen molar-refractivity contribution in [2.24, 2.45) is 5.92 Å². The SMILES string of the molecule is O=C(Cn1cnc2ccsc2c1=O)N1CCCC(C(F)(F)F)C1. The Hall–Kier alpha value is -1.90. The fraction of sp³-hybridized carbons (Fsp3) is 0.500. The average molecular weight is 345 g/mol. The predicted molar refractivity (Wildman–Crippen MR) is 79.2 cm³/mol. The number of nitrogens with zero attached hydrogens (tertiary/aromatic N) is 3. The van der Waals surface area contributed by atoms with E-state index in [1.807, 2.05) is 0 Å². The van der Waals surface area contributed by atoms with Crippen LogP contribution in [0.25, 0.3) is 10.2 Å². The van der Waals surface area contributed by atoms with Crippen molar-refractivity contribution in [3.8, 4) is 0 Å². The Kier molecular flexibility index (Phi) is 4.13. The summed E-state index contributed by atoms with van der Waals surface area (Å²) in [6.45, 7) is -0.342. The number of likely N-dealkylation sites (tertiary alicyclic amines) is 1. The minimum absolute atomic E-state index is 0.0376. The number of alkyl halides is 3.